The van der Waals surface area contributed by atoms with E-state index in [4.69, 9.17) is 9.15 Å². The van der Waals surface area contributed by atoms with E-state index < -0.39 is 11.5 Å². The third-order valence-electron chi connectivity index (χ3n) is 4.85. The summed E-state index contributed by atoms with van der Waals surface area (Å²) in [6.45, 7) is 4.64. The van der Waals surface area contributed by atoms with Crippen LogP contribution < -0.4 is 10.9 Å². The zero-order valence-corrected chi connectivity index (χ0v) is 15.5. The van der Waals surface area contributed by atoms with Gasteiger partial charge in [0.1, 0.15) is 0 Å². The molecule has 6 heteroatoms. The summed E-state index contributed by atoms with van der Waals surface area (Å²) in [5.41, 5.74) is 1.70. The van der Waals surface area contributed by atoms with Gasteiger partial charge in [-0.3, -0.25) is 9.69 Å². The van der Waals surface area contributed by atoms with Crippen molar-refractivity contribution >= 4 is 16.7 Å². The van der Waals surface area contributed by atoms with Crippen LogP contribution in [0.2, 0.25) is 0 Å². The fraction of sp³-hybridized carbons (Fsp3) is 0.273. The Morgan fingerprint density at radius 2 is 1.79 bits per heavy atom. The average molecular weight is 378 g/mol. The number of benzene rings is 2. The molecule has 1 aliphatic rings. The van der Waals surface area contributed by atoms with E-state index in [1.807, 2.05) is 18.2 Å². The van der Waals surface area contributed by atoms with Gasteiger partial charge in [-0.05, 0) is 28.6 Å². The van der Waals surface area contributed by atoms with Crippen molar-refractivity contribution in [2.45, 2.75) is 13.1 Å². The molecule has 1 aromatic heterocycles. The second-order valence-corrected chi connectivity index (χ2v) is 6.88. The monoisotopic (exact) mass is 378 g/mol. The van der Waals surface area contributed by atoms with E-state index in [2.05, 4.69) is 22.3 Å². The number of nitrogens with one attached hydrogen (secondary N) is 1. The molecule has 1 amide bonds. The van der Waals surface area contributed by atoms with E-state index >= 15 is 0 Å². The lowest BCUT2D eigenvalue weighted by molar-refractivity contribution is 0.0342. The van der Waals surface area contributed by atoms with E-state index in [-0.39, 0.29) is 5.76 Å². The molecule has 3 aromatic rings. The summed E-state index contributed by atoms with van der Waals surface area (Å²) in [7, 11) is 0. The van der Waals surface area contributed by atoms with Crippen LogP contribution in [0.4, 0.5) is 0 Å². The van der Waals surface area contributed by atoms with Gasteiger partial charge in [0, 0.05) is 26.2 Å². The normalized spacial score (nSPS) is 14.9. The van der Waals surface area contributed by atoms with Crippen LogP contribution in [0.5, 0.6) is 0 Å². The van der Waals surface area contributed by atoms with Gasteiger partial charge in [0.15, 0.2) is 5.76 Å². The first kappa shape index (κ1) is 18.4. The van der Waals surface area contributed by atoms with Gasteiger partial charge in [0.2, 0.25) is 0 Å². The summed E-state index contributed by atoms with van der Waals surface area (Å²) in [6, 6.07) is 16.8. The van der Waals surface area contributed by atoms with Crippen molar-refractivity contribution in [3.8, 4) is 0 Å². The standard InChI is InChI=1S/C22H22N2O4/c25-21(20-13-18-6-1-2-7-19(18)22(26)28-20)23-14-16-4-3-5-17(12-16)15-24-8-10-27-11-9-24/h1-7,12-13H,8-11,14-15H2,(H,23,25). The number of nitrogens with zero attached hydrogens (tertiary/aromatic N) is 1. The Labute approximate surface area is 162 Å². The first-order chi connectivity index (χ1) is 13.7. The minimum Gasteiger partial charge on any atom is -0.417 e. The summed E-state index contributed by atoms with van der Waals surface area (Å²) < 4.78 is 10.6. The lowest BCUT2D eigenvalue weighted by Crippen LogP contribution is -2.35. The minimum atomic E-state index is -0.504. The number of fused-ring (bicyclic) bond motifs is 1. The molecule has 1 fully saturated rings. The van der Waals surface area contributed by atoms with Crippen LogP contribution in [-0.4, -0.2) is 37.1 Å². The molecule has 0 radical (unpaired) electrons. The predicted molar refractivity (Wildman–Crippen MR) is 106 cm³/mol. The van der Waals surface area contributed by atoms with E-state index in [0.29, 0.717) is 17.3 Å². The Balaban J connectivity index is 1.42. The number of hydrogen-bond acceptors (Lipinski definition) is 5. The zero-order valence-electron chi connectivity index (χ0n) is 15.5. The highest BCUT2D eigenvalue weighted by atomic mass is 16.5. The van der Waals surface area contributed by atoms with Gasteiger partial charge < -0.3 is 14.5 Å². The molecule has 1 N–H and O–H groups in total. The second-order valence-electron chi connectivity index (χ2n) is 6.88. The summed E-state index contributed by atoms with van der Waals surface area (Å²) in [5, 5.41) is 3.99. The molecule has 2 heterocycles. The zero-order chi connectivity index (χ0) is 19.3. The maximum absolute atomic E-state index is 12.4. The number of rotatable bonds is 5. The predicted octanol–water partition coefficient (Wildman–Crippen LogP) is 2.56. The van der Waals surface area contributed by atoms with Gasteiger partial charge in [0.05, 0.1) is 18.6 Å². The first-order valence-electron chi connectivity index (χ1n) is 9.38. The summed E-state index contributed by atoms with van der Waals surface area (Å²) in [4.78, 5) is 26.9. The van der Waals surface area contributed by atoms with Crippen molar-refractivity contribution in [2.75, 3.05) is 26.3 Å². The second kappa shape index (κ2) is 8.37. The maximum atomic E-state index is 12.4. The van der Waals surface area contributed by atoms with Crippen molar-refractivity contribution < 1.29 is 13.9 Å². The Kier molecular flexibility index (Phi) is 5.50. The fourth-order valence-electron chi connectivity index (χ4n) is 3.37. The number of carbonyl (C=O) groups is 1. The molecule has 2 aromatic carbocycles. The summed E-state index contributed by atoms with van der Waals surface area (Å²) in [5.74, 6) is -0.380. The van der Waals surface area contributed by atoms with Crippen molar-refractivity contribution in [1.82, 2.24) is 10.2 Å². The molecule has 0 bridgehead atoms. The quantitative estimate of drug-likeness (QED) is 0.739. The third-order valence-corrected chi connectivity index (χ3v) is 4.85. The molecular weight excluding hydrogens is 356 g/mol. The molecule has 0 spiro atoms. The van der Waals surface area contributed by atoms with Crippen molar-refractivity contribution in [1.29, 1.82) is 0 Å². The van der Waals surface area contributed by atoms with Gasteiger partial charge in [0.25, 0.3) is 5.91 Å². The Morgan fingerprint density at radius 3 is 2.64 bits per heavy atom. The number of amides is 1. The van der Waals surface area contributed by atoms with E-state index in [1.54, 1.807) is 24.3 Å². The molecule has 0 aliphatic carbocycles. The molecule has 0 saturated carbocycles. The lowest BCUT2D eigenvalue weighted by atomic mass is 10.1. The van der Waals surface area contributed by atoms with Gasteiger partial charge in [-0.15, -0.1) is 0 Å². The third kappa shape index (κ3) is 4.30. The van der Waals surface area contributed by atoms with Crippen LogP contribution in [0.1, 0.15) is 21.7 Å². The van der Waals surface area contributed by atoms with Gasteiger partial charge in [-0.1, -0.05) is 42.5 Å². The van der Waals surface area contributed by atoms with Crippen LogP contribution in [0, 0.1) is 0 Å². The molecule has 1 saturated heterocycles. The van der Waals surface area contributed by atoms with Crippen molar-refractivity contribution in [2.24, 2.45) is 0 Å². The van der Waals surface area contributed by atoms with Gasteiger partial charge in [-0.25, -0.2) is 4.79 Å². The maximum Gasteiger partial charge on any atom is 0.344 e. The number of morpholine rings is 1. The van der Waals surface area contributed by atoms with Crippen LogP contribution in [-0.2, 0) is 17.8 Å². The molecule has 0 unspecified atom stereocenters. The van der Waals surface area contributed by atoms with E-state index in [0.717, 1.165) is 38.4 Å². The molecule has 144 valence electrons. The highest BCUT2D eigenvalue weighted by Gasteiger charge is 2.13. The molecule has 1 aliphatic heterocycles. The molecule has 28 heavy (non-hydrogen) atoms. The highest BCUT2D eigenvalue weighted by molar-refractivity contribution is 5.95. The SMILES string of the molecule is O=C(NCc1cccc(CN2CCOCC2)c1)c1cc2ccccc2c(=O)o1. The Hall–Kier alpha value is -2.96. The van der Waals surface area contributed by atoms with Crippen molar-refractivity contribution in [3.63, 3.8) is 0 Å². The number of carbonyl (C=O) groups excluding carboxylic acids is 1. The van der Waals surface area contributed by atoms with Gasteiger partial charge >= 0.3 is 5.63 Å². The van der Waals surface area contributed by atoms with Crippen LogP contribution in [0.25, 0.3) is 10.8 Å². The van der Waals surface area contributed by atoms with Crippen LogP contribution >= 0.6 is 0 Å². The molecule has 0 atom stereocenters. The van der Waals surface area contributed by atoms with E-state index in [1.165, 1.54) is 5.56 Å². The Morgan fingerprint density at radius 1 is 1.00 bits per heavy atom. The summed E-state index contributed by atoms with van der Waals surface area (Å²) in [6.07, 6.45) is 0. The van der Waals surface area contributed by atoms with Crippen LogP contribution in [0.15, 0.2) is 63.8 Å². The minimum absolute atomic E-state index is 0.0215. The largest absolute Gasteiger partial charge is 0.417 e. The van der Waals surface area contributed by atoms with E-state index in [9.17, 15) is 9.59 Å². The van der Waals surface area contributed by atoms with Crippen molar-refractivity contribution in [3.05, 3.63) is 81.9 Å². The molecule has 4 rings (SSSR count). The number of ether oxygens (including phenoxy) is 1. The smallest absolute Gasteiger partial charge is 0.344 e. The lowest BCUT2D eigenvalue weighted by Gasteiger charge is -2.26. The molecular formula is C22H22N2O4. The topological polar surface area (TPSA) is 71.8 Å². The Bertz CT molecular complexity index is 1040. The van der Waals surface area contributed by atoms with Crippen LogP contribution in [0.3, 0.4) is 0 Å². The average Bonchev–Trinajstić information content (AvgIpc) is 2.73. The highest BCUT2D eigenvalue weighted by Crippen LogP contribution is 2.13. The number of hydrogen-bond donors (Lipinski definition) is 1. The van der Waals surface area contributed by atoms with Gasteiger partial charge in [-0.2, -0.15) is 0 Å². The molecule has 6 nitrogen and oxygen atoms in total. The fourth-order valence-corrected chi connectivity index (χ4v) is 3.37. The summed E-state index contributed by atoms with van der Waals surface area (Å²) >= 11 is 0. The first-order valence-corrected chi connectivity index (χ1v) is 9.38.